The van der Waals surface area contributed by atoms with Crippen LogP contribution in [-0.2, 0) is 9.53 Å². The van der Waals surface area contributed by atoms with Crippen LogP contribution >= 0.6 is 0 Å². The first-order chi connectivity index (χ1) is 7.29. The Kier molecular flexibility index (Phi) is 2.60. The van der Waals surface area contributed by atoms with Gasteiger partial charge in [0.05, 0.1) is 5.92 Å². The van der Waals surface area contributed by atoms with E-state index in [1.54, 1.807) is 0 Å². The average Bonchev–Trinajstić information content (AvgIpc) is 2.50. The SMILES string of the molecule is CC(C)C(=O)O[C@H]1C[C@H]2CC[C@@]1(C)C2(C)C. The zero-order valence-corrected chi connectivity index (χ0v) is 11.2. The van der Waals surface area contributed by atoms with Crippen molar-refractivity contribution in [3.63, 3.8) is 0 Å². The minimum absolute atomic E-state index is 0.00848. The lowest BCUT2D eigenvalue weighted by molar-refractivity contribution is -0.160. The van der Waals surface area contributed by atoms with Crippen LogP contribution in [0.15, 0.2) is 0 Å². The molecule has 0 amide bonds. The van der Waals surface area contributed by atoms with Crippen LogP contribution in [0.5, 0.6) is 0 Å². The summed E-state index contributed by atoms with van der Waals surface area (Å²) < 4.78 is 5.71. The molecule has 16 heavy (non-hydrogen) atoms. The first-order valence-electron chi connectivity index (χ1n) is 6.49. The molecule has 2 aliphatic rings. The van der Waals surface area contributed by atoms with Gasteiger partial charge in [0.1, 0.15) is 6.10 Å². The largest absolute Gasteiger partial charge is 0.462 e. The molecule has 2 aliphatic carbocycles. The van der Waals surface area contributed by atoms with Gasteiger partial charge in [-0.1, -0.05) is 34.6 Å². The monoisotopic (exact) mass is 224 g/mol. The fourth-order valence-electron chi connectivity index (χ4n) is 3.58. The molecule has 0 unspecified atom stereocenters. The number of fused-ring (bicyclic) bond motifs is 2. The summed E-state index contributed by atoms with van der Waals surface area (Å²) in [5.41, 5.74) is 0.525. The third-order valence-electron chi connectivity index (χ3n) is 5.44. The molecular weight excluding hydrogens is 200 g/mol. The predicted octanol–water partition coefficient (Wildman–Crippen LogP) is 3.40. The molecule has 2 fully saturated rings. The molecule has 0 aliphatic heterocycles. The number of esters is 1. The molecule has 0 spiro atoms. The van der Waals surface area contributed by atoms with E-state index in [-0.39, 0.29) is 23.4 Å². The number of carbonyl (C=O) groups is 1. The average molecular weight is 224 g/mol. The Morgan fingerprint density at radius 3 is 2.31 bits per heavy atom. The number of carbonyl (C=O) groups excluding carboxylic acids is 1. The molecule has 92 valence electrons. The summed E-state index contributed by atoms with van der Waals surface area (Å²) >= 11 is 0. The van der Waals surface area contributed by atoms with Gasteiger partial charge in [0.2, 0.25) is 0 Å². The maximum atomic E-state index is 11.7. The van der Waals surface area contributed by atoms with Crippen molar-refractivity contribution in [2.45, 2.75) is 60.0 Å². The van der Waals surface area contributed by atoms with Gasteiger partial charge in [0.25, 0.3) is 0 Å². The van der Waals surface area contributed by atoms with Crippen LogP contribution in [-0.4, -0.2) is 12.1 Å². The smallest absolute Gasteiger partial charge is 0.308 e. The maximum Gasteiger partial charge on any atom is 0.308 e. The van der Waals surface area contributed by atoms with E-state index < -0.39 is 0 Å². The Labute approximate surface area is 98.7 Å². The number of rotatable bonds is 2. The van der Waals surface area contributed by atoms with Crippen LogP contribution in [0.25, 0.3) is 0 Å². The molecule has 0 aromatic carbocycles. The molecule has 2 bridgehead atoms. The summed E-state index contributed by atoms with van der Waals surface area (Å²) in [6.07, 6.45) is 3.73. The van der Waals surface area contributed by atoms with Crippen molar-refractivity contribution < 1.29 is 9.53 Å². The number of ether oxygens (including phenoxy) is 1. The fourth-order valence-corrected chi connectivity index (χ4v) is 3.58. The van der Waals surface area contributed by atoms with Crippen molar-refractivity contribution in [2.75, 3.05) is 0 Å². The predicted molar refractivity (Wildman–Crippen MR) is 63.9 cm³/mol. The molecule has 0 saturated heterocycles. The Hall–Kier alpha value is -0.530. The van der Waals surface area contributed by atoms with Gasteiger partial charge in [-0.3, -0.25) is 4.79 Å². The lowest BCUT2D eigenvalue weighted by Gasteiger charge is -2.38. The van der Waals surface area contributed by atoms with E-state index in [0.29, 0.717) is 5.41 Å². The third kappa shape index (κ3) is 1.42. The minimum Gasteiger partial charge on any atom is -0.462 e. The molecule has 0 aromatic rings. The van der Waals surface area contributed by atoms with Crippen LogP contribution in [0.2, 0.25) is 0 Å². The summed E-state index contributed by atoms with van der Waals surface area (Å²) in [4.78, 5) is 11.7. The Morgan fingerprint density at radius 2 is 1.94 bits per heavy atom. The van der Waals surface area contributed by atoms with E-state index in [4.69, 9.17) is 4.74 Å². The highest BCUT2D eigenvalue weighted by Crippen LogP contribution is 2.66. The molecule has 0 N–H and O–H groups in total. The second-order valence-corrected chi connectivity index (χ2v) is 6.69. The van der Waals surface area contributed by atoms with E-state index in [1.165, 1.54) is 12.8 Å². The van der Waals surface area contributed by atoms with Crippen molar-refractivity contribution in [2.24, 2.45) is 22.7 Å². The highest BCUT2D eigenvalue weighted by Gasteiger charge is 2.62. The number of hydrogen-bond acceptors (Lipinski definition) is 2. The van der Waals surface area contributed by atoms with Gasteiger partial charge in [-0.15, -0.1) is 0 Å². The van der Waals surface area contributed by atoms with Gasteiger partial charge < -0.3 is 4.74 Å². The maximum absolute atomic E-state index is 11.7. The van der Waals surface area contributed by atoms with E-state index in [2.05, 4.69) is 20.8 Å². The van der Waals surface area contributed by atoms with Crippen molar-refractivity contribution in [3.8, 4) is 0 Å². The quantitative estimate of drug-likeness (QED) is 0.672. The van der Waals surface area contributed by atoms with Gasteiger partial charge in [-0.25, -0.2) is 0 Å². The van der Waals surface area contributed by atoms with E-state index in [0.717, 1.165) is 12.3 Å². The van der Waals surface area contributed by atoms with Crippen molar-refractivity contribution >= 4 is 5.97 Å². The Bertz CT molecular complexity index is 306. The normalized spacial score (nSPS) is 40.4. The van der Waals surface area contributed by atoms with Gasteiger partial charge >= 0.3 is 5.97 Å². The van der Waals surface area contributed by atoms with Gasteiger partial charge in [0.15, 0.2) is 0 Å². The summed E-state index contributed by atoms with van der Waals surface area (Å²) in [6, 6.07) is 0. The van der Waals surface area contributed by atoms with Crippen LogP contribution in [0.1, 0.15) is 53.9 Å². The lowest BCUT2D eigenvalue weighted by atomic mass is 9.70. The zero-order valence-electron chi connectivity index (χ0n) is 11.2. The summed E-state index contributed by atoms with van der Waals surface area (Å²) in [5.74, 6) is 0.697. The first-order valence-corrected chi connectivity index (χ1v) is 6.49. The molecule has 0 heterocycles. The van der Waals surface area contributed by atoms with Gasteiger partial charge in [-0.2, -0.15) is 0 Å². The van der Waals surface area contributed by atoms with Crippen molar-refractivity contribution in [3.05, 3.63) is 0 Å². The second kappa shape index (κ2) is 3.48. The highest BCUT2D eigenvalue weighted by atomic mass is 16.5. The molecule has 0 aromatic heterocycles. The summed E-state index contributed by atoms with van der Waals surface area (Å²) in [5, 5.41) is 0. The van der Waals surface area contributed by atoms with Crippen molar-refractivity contribution in [1.82, 2.24) is 0 Å². The molecule has 0 radical (unpaired) electrons. The third-order valence-corrected chi connectivity index (χ3v) is 5.44. The number of hydrogen-bond donors (Lipinski definition) is 0. The van der Waals surface area contributed by atoms with E-state index in [1.807, 2.05) is 13.8 Å². The van der Waals surface area contributed by atoms with Gasteiger partial charge in [0, 0.05) is 5.41 Å². The van der Waals surface area contributed by atoms with Crippen molar-refractivity contribution in [1.29, 1.82) is 0 Å². The molecular formula is C14H24O2. The highest BCUT2D eigenvalue weighted by molar-refractivity contribution is 5.71. The molecule has 2 saturated carbocycles. The minimum atomic E-state index is -0.0328. The van der Waals surface area contributed by atoms with Crippen LogP contribution in [0, 0.1) is 22.7 Å². The Morgan fingerprint density at radius 1 is 1.31 bits per heavy atom. The molecule has 3 atom stereocenters. The Balaban J connectivity index is 2.13. The zero-order chi connectivity index (χ0) is 12.1. The van der Waals surface area contributed by atoms with Crippen LogP contribution < -0.4 is 0 Å². The van der Waals surface area contributed by atoms with Gasteiger partial charge in [-0.05, 0) is 30.6 Å². The lowest BCUT2D eigenvalue weighted by Crippen LogP contribution is -2.39. The second-order valence-electron chi connectivity index (χ2n) is 6.69. The fraction of sp³-hybridized carbons (Fsp3) is 0.929. The summed E-state index contributed by atoms with van der Waals surface area (Å²) in [7, 11) is 0. The van der Waals surface area contributed by atoms with Crippen LogP contribution in [0.3, 0.4) is 0 Å². The first kappa shape index (κ1) is 11.9. The standard InChI is InChI=1S/C14H24O2/c1-9(2)12(15)16-11-8-10-6-7-14(11,5)13(10,3)4/h9-11H,6-8H2,1-5H3/t10-,11+,14-/m1/s1. The van der Waals surface area contributed by atoms with Crippen LogP contribution in [0.4, 0.5) is 0 Å². The molecule has 2 rings (SSSR count). The molecule has 2 nitrogen and oxygen atoms in total. The topological polar surface area (TPSA) is 26.3 Å². The van der Waals surface area contributed by atoms with E-state index >= 15 is 0 Å². The van der Waals surface area contributed by atoms with E-state index in [9.17, 15) is 4.79 Å². The molecule has 2 heteroatoms. The summed E-state index contributed by atoms with van der Waals surface area (Å²) in [6.45, 7) is 10.8.